The number of amides is 1. The minimum absolute atomic E-state index is 0.287. The van der Waals surface area contributed by atoms with Crippen molar-refractivity contribution in [3.05, 3.63) is 28.2 Å². The number of hydrogen-bond acceptors (Lipinski definition) is 3. The van der Waals surface area contributed by atoms with Gasteiger partial charge in [-0.25, -0.2) is 0 Å². The molecule has 104 valence electrons. The molecule has 0 saturated carbocycles. The Bertz CT molecular complexity index is 477. The molecule has 0 saturated heterocycles. The number of carbonyl (C=O) groups is 2. The third-order valence-corrected chi connectivity index (χ3v) is 2.88. The molecule has 0 heterocycles. The van der Waals surface area contributed by atoms with Crippen LogP contribution in [0.2, 0.25) is 10.0 Å². The monoisotopic (exact) mass is 303 g/mol. The molecule has 1 N–H and O–H groups in total. The quantitative estimate of drug-likeness (QED) is 0.845. The van der Waals surface area contributed by atoms with Crippen molar-refractivity contribution in [1.29, 1.82) is 0 Å². The Hall–Kier alpha value is -1.26. The van der Waals surface area contributed by atoms with Crippen molar-refractivity contribution in [3.63, 3.8) is 0 Å². The molecule has 1 rings (SSSR count). The van der Waals surface area contributed by atoms with Gasteiger partial charge in [-0.15, -0.1) is 0 Å². The van der Waals surface area contributed by atoms with Gasteiger partial charge < -0.3 is 10.1 Å². The third kappa shape index (κ3) is 5.09. The van der Waals surface area contributed by atoms with Gasteiger partial charge in [-0.1, -0.05) is 30.1 Å². The molecule has 1 amide bonds. The van der Waals surface area contributed by atoms with Gasteiger partial charge in [0.1, 0.15) is 0 Å². The van der Waals surface area contributed by atoms with Crippen LogP contribution in [0.3, 0.4) is 0 Å². The Morgan fingerprint density at radius 1 is 1.37 bits per heavy atom. The SMILES string of the molecule is CCCC(=O)O[C@H](C)C(=O)Nc1cc(Cl)ccc1Cl. The van der Waals surface area contributed by atoms with Crippen molar-refractivity contribution in [2.75, 3.05) is 5.32 Å². The van der Waals surface area contributed by atoms with Crippen LogP contribution in [-0.2, 0) is 14.3 Å². The van der Waals surface area contributed by atoms with Crippen LogP contribution in [-0.4, -0.2) is 18.0 Å². The van der Waals surface area contributed by atoms with Gasteiger partial charge in [0.2, 0.25) is 0 Å². The van der Waals surface area contributed by atoms with E-state index in [-0.39, 0.29) is 6.42 Å². The van der Waals surface area contributed by atoms with E-state index in [0.29, 0.717) is 22.2 Å². The van der Waals surface area contributed by atoms with E-state index >= 15 is 0 Å². The van der Waals surface area contributed by atoms with Crippen LogP contribution in [0.4, 0.5) is 5.69 Å². The van der Waals surface area contributed by atoms with Crippen molar-refractivity contribution in [2.45, 2.75) is 32.8 Å². The van der Waals surface area contributed by atoms with E-state index in [1.54, 1.807) is 12.1 Å². The Morgan fingerprint density at radius 3 is 2.68 bits per heavy atom. The zero-order chi connectivity index (χ0) is 14.4. The highest BCUT2D eigenvalue weighted by molar-refractivity contribution is 6.35. The number of nitrogens with one attached hydrogen (secondary N) is 1. The molecule has 0 unspecified atom stereocenters. The summed E-state index contributed by atoms with van der Waals surface area (Å²) in [5, 5.41) is 3.39. The highest BCUT2D eigenvalue weighted by Crippen LogP contribution is 2.25. The molecule has 1 aromatic carbocycles. The number of rotatable bonds is 5. The van der Waals surface area contributed by atoms with Crippen molar-refractivity contribution in [3.8, 4) is 0 Å². The molecule has 0 aliphatic rings. The Kier molecular flexibility index (Phi) is 6.12. The van der Waals surface area contributed by atoms with Crippen LogP contribution in [0.15, 0.2) is 18.2 Å². The number of benzene rings is 1. The fourth-order valence-corrected chi connectivity index (χ4v) is 1.68. The summed E-state index contributed by atoms with van der Waals surface area (Å²) >= 11 is 11.7. The zero-order valence-electron chi connectivity index (χ0n) is 10.7. The zero-order valence-corrected chi connectivity index (χ0v) is 12.2. The molecule has 0 aromatic heterocycles. The fourth-order valence-electron chi connectivity index (χ4n) is 1.34. The second kappa shape index (κ2) is 7.36. The summed E-state index contributed by atoms with van der Waals surface area (Å²) < 4.78 is 4.97. The smallest absolute Gasteiger partial charge is 0.306 e. The van der Waals surface area contributed by atoms with E-state index in [9.17, 15) is 9.59 Å². The molecule has 0 fully saturated rings. The summed E-state index contributed by atoms with van der Waals surface area (Å²) in [6.45, 7) is 3.36. The van der Waals surface area contributed by atoms with Crippen molar-refractivity contribution in [1.82, 2.24) is 0 Å². The molecule has 0 aliphatic carbocycles. The van der Waals surface area contributed by atoms with Crippen LogP contribution >= 0.6 is 23.2 Å². The second-order valence-corrected chi connectivity index (χ2v) is 4.84. The maximum absolute atomic E-state index is 11.8. The molecule has 1 aromatic rings. The third-order valence-electron chi connectivity index (χ3n) is 2.32. The molecule has 0 radical (unpaired) electrons. The number of esters is 1. The van der Waals surface area contributed by atoms with Crippen LogP contribution in [0.25, 0.3) is 0 Å². The van der Waals surface area contributed by atoms with Crippen molar-refractivity contribution >= 4 is 40.8 Å². The average molecular weight is 304 g/mol. The van der Waals surface area contributed by atoms with Gasteiger partial charge in [-0.05, 0) is 31.5 Å². The van der Waals surface area contributed by atoms with E-state index in [1.807, 2.05) is 6.92 Å². The van der Waals surface area contributed by atoms with Crippen LogP contribution in [0.5, 0.6) is 0 Å². The van der Waals surface area contributed by atoms with Crippen LogP contribution < -0.4 is 5.32 Å². The minimum atomic E-state index is -0.880. The lowest BCUT2D eigenvalue weighted by Crippen LogP contribution is -2.30. The van der Waals surface area contributed by atoms with Gasteiger partial charge >= 0.3 is 5.97 Å². The molecular formula is C13H15Cl2NO3. The van der Waals surface area contributed by atoms with E-state index in [4.69, 9.17) is 27.9 Å². The molecular weight excluding hydrogens is 289 g/mol. The number of anilines is 1. The summed E-state index contributed by atoms with van der Waals surface area (Å²) in [6.07, 6.45) is 0.0807. The standard InChI is InChI=1S/C13H15Cl2NO3/c1-3-4-12(17)19-8(2)13(18)16-11-7-9(14)5-6-10(11)15/h5-8H,3-4H2,1-2H3,(H,16,18)/t8-/m1/s1. The van der Waals surface area contributed by atoms with Gasteiger partial charge in [-0.2, -0.15) is 0 Å². The van der Waals surface area contributed by atoms with E-state index in [2.05, 4.69) is 5.32 Å². The first kappa shape index (κ1) is 15.8. The maximum Gasteiger partial charge on any atom is 0.306 e. The number of ether oxygens (including phenoxy) is 1. The molecule has 6 heteroatoms. The van der Waals surface area contributed by atoms with Crippen LogP contribution in [0.1, 0.15) is 26.7 Å². The number of carbonyl (C=O) groups excluding carboxylic acids is 2. The minimum Gasteiger partial charge on any atom is -0.453 e. The van der Waals surface area contributed by atoms with Gasteiger partial charge in [0.25, 0.3) is 5.91 Å². The van der Waals surface area contributed by atoms with Gasteiger partial charge in [0, 0.05) is 11.4 Å². The van der Waals surface area contributed by atoms with Crippen LogP contribution in [0, 0.1) is 0 Å². The molecule has 4 nitrogen and oxygen atoms in total. The second-order valence-electron chi connectivity index (χ2n) is 4.00. The molecule has 0 aliphatic heterocycles. The largest absolute Gasteiger partial charge is 0.453 e. The lowest BCUT2D eigenvalue weighted by atomic mass is 10.3. The van der Waals surface area contributed by atoms with Gasteiger partial charge in [0.05, 0.1) is 10.7 Å². The van der Waals surface area contributed by atoms with Gasteiger partial charge in [0.15, 0.2) is 6.10 Å². The molecule has 0 bridgehead atoms. The topological polar surface area (TPSA) is 55.4 Å². The fraction of sp³-hybridized carbons (Fsp3) is 0.385. The predicted molar refractivity (Wildman–Crippen MR) is 75.6 cm³/mol. The lowest BCUT2D eigenvalue weighted by molar-refractivity contribution is -0.153. The first-order chi connectivity index (χ1) is 8.93. The Morgan fingerprint density at radius 2 is 2.05 bits per heavy atom. The highest BCUT2D eigenvalue weighted by Gasteiger charge is 2.18. The summed E-state index contributed by atoms with van der Waals surface area (Å²) in [7, 11) is 0. The first-order valence-electron chi connectivity index (χ1n) is 5.89. The van der Waals surface area contributed by atoms with Crippen molar-refractivity contribution < 1.29 is 14.3 Å². The van der Waals surface area contributed by atoms with E-state index in [0.717, 1.165) is 0 Å². The average Bonchev–Trinajstić information content (AvgIpc) is 2.34. The maximum atomic E-state index is 11.8. The normalized spacial score (nSPS) is 11.8. The Labute approximate surface area is 122 Å². The first-order valence-corrected chi connectivity index (χ1v) is 6.65. The molecule has 0 spiro atoms. The van der Waals surface area contributed by atoms with E-state index < -0.39 is 18.0 Å². The summed E-state index contributed by atoms with van der Waals surface area (Å²) in [6, 6.07) is 4.72. The van der Waals surface area contributed by atoms with Gasteiger partial charge in [-0.3, -0.25) is 9.59 Å². The number of hydrogen-bond donors (Lipinski definition) is 1. The lowest BCUT2D eigenvalue weighted by Gasteiger charge is -2.14. The molecule has 1 atom stereocenters. The summed E-state index contributed by atoms with van der Waals surface area (Å²) in [4.78, 5) is 23.1. The highest BCUT2D eigenvalue weighted by atomic mass is 35.5. The van der Waals surface area contributed by atoms with Crippen molar-refractivity contribution in [2.24, 2.45) is 0 Å². The summed E-state index contributed by atoms with van der Waals surface area (Å²) in [5.74, 6) is -0.851. The molecule has 19 heavy (non-hydrogen) atoms. The predicted octanol–water partition coefficient (Wildman–Crippen LogP) is 3.66. The number of halogens is 2. The van der Waals surface area contributed by atoms with E-state index in [1.165, 1.54) is 13.0 Å². The summed E-state index contributed by atoms with van der Waals surface area (Å²) in [5.41, 5.74) is 0.387. The Balaban J connectivity index is 2.63.